The topological polar surface area (TPSA) is 46.3 Å². The molecule has 1 amide bonds. The maximum absolute atomic E-state index is 12.0. The van der Waals surface area contributed by atoms with Crippen LogP contribution in [0.15, 0.2) is 0 Å². The number of nitrogens with zero attached hydrogens (tertiary/aromatic N) is 1. The Morgan fingerprint density at radius 1 is 1.38 bits per heavy atom. The second kappa shape index (κ2) is 7.66. The minimum Gasteiger partial charge on any atom is -0.340 e. The van der Waals surface area contributed by atoms with E-state index in [1.54, 1.807) is 0 Å². The summed E-state index contributed by atoms with van der Waals surface area (Å²) in [6.45, 7) is 3.82. The molecule has 1 aliphatic rings. The lowest BCUT2D eigenvalue weighted by Crippen LogP contribution is -2.44. The van der Waals surface area contributed by atoms with Crippen molar-refractivity contribution in [1.29, 1.82) is 0 Å². The van der Waals surface area contributed by atoms with Crippen LogP contribution in [0.4, 0.5) is 0 Å². The molecule has 1 heterocycles. The summed E-state index contributed by atoms with van der Waals surface area (Å²) in [6.07, 6.45) is 8.66. The Labute approximate surface area is 99.4 Å². The summed E-state index contributed by atoms with van der Waals surface area (Å²) in [6, 6.07) is 0.424. The lowest BCUT2D eigenvalue weighted by Gasteiger charge is -2.35. The van der Waals surface area contributed by atoms with Crippen LogP contribution in [0.25, 0.3) is 0 Å². The number of carbonyl (C=O) groups is 1. The molecule has 1 aliphatic heterocycles. The first kappa shape index (κ1) is 13.5. The van der Waals surface area contributed by atoms with E-state index in [9.17, 15) is 4.79 Å². The van der Waals surface area contributed by atoms with E-state index in [1.807, 2.05) is 0 Å². The average Bonchev–Trinajstić information content (AvgIpc) is 2.30. The molecule has 16 heavy (non-hydrogen) atoms. The smallest absolute Gasteiger partial charge is 0.222 e. The van der Waals surface area contributed by atoms with Crippen LogP contribution >= 0.6 is 0 Å². The van der Waals surface area contributed by atoms with Gasteiger partial charge in [0, 0.05) is 19.0 Å². The van der Waals surface area contributed by atoms with E-state index >= 15 is 0 Å². The predicted molar refractivity (Wildman–Crippen MR) is 67.2 cm³/mol. The van der Waals surface area contributed by atoms with Crippen molar-refractivity contribution in [3.8, 4) is 0 Å². The van der Waals surface area contributed by atoms with Gasteiger partial charge in [-0.1, -0.05) is 19.8 Å². The van der Waals surface area contributed by atoms with Crippen LogP contribution in [-0.4, -0.2) is 29.9 Å². The SMILES string of the molecule is CCCCCC(=O)N1CCCCC1CCN. The van der Waals surface area contributed by atoms with E-state index in [0.717, 1.165) is 32.2 Å². The van der Waals surface area contributed by atoms with Gasteiger partial charge in [0.2, 0.25) is 5.91 Å². The molecule has 2 N–H and O–H groups in total. The second-order valence-electron chi connectivity index (χ2n) is 4.77. The monoisotopic (exact) mass is 226 g/mol. The fraction of sp³-hybridized carbons (Fsp3) is 0.923. The van der Waals surface area contributed by atoms with Crippen molar-refractivity contribution in [2.45, 2.75) is 64.3 Å². The molecule has 0 aromatic carbocycles. The van der Waals surface area contributed by atoms with Crippen LogP contribution in [0.5, 0.6) is 0 Å². The number of likely N-dealkylation sites (tertiary alicyclic amines) is 1. The normalized spacial score (nSPS) is 21.1. The maximum Gasteiger partial charge on any atom is 0.222 e. The molecule has 0 aliphatic carbocycles. The summed E-state index contributed by atoms with van der Waals surface area (Å²) >= 11 is 0. The molecule has 1 atom stereocenters. The number of unbranched alkanes of at least 4 members (excludes halogenated alkanes) is 2. The lowest BCUT2D eigenvalue weighted by molar-refractivity contribution is -0.135. The van der Waals surface area contributed by atoms with Crippen molar-refractivity contribution in [1.82, 2.24) is 4.90 Å². The van der Waals surface area contributed by atoms with Crippen molar-refractivity contribution in [3.63, 3.8) is 0 Å². The molecular weight excluding hydrogens is 200 g/mol. The van der Waals surface area contributed by atoms with Crippen LogP contribution < -0.4 is 5.73 Å². The van der Waals surface area contributed by atoms with E-state index in [-0.39, 0.29) is 0 Å². The standard InChI is InChI=1S/C13H26N2O/c1-2-3-4-8-13(16)15-11-6-5-7-12(15)9-10-14/h12H,2-11,14H2,1H3. The molecule has 0 aromatic rings. The molecule has 94 valence electrons. The number of rotatable bonds is 6. The Morgan fingerprint density at radius 2 is 2.19 bits per heavy atom. The fourth-order valence-electron chi connectivity index (χ4n) is 2.49. The van der Waals surface area contributed by atoms with Crippen LogP contribution in [-0.2, 0) is 4.79 Å². The first-order valence-electron chi connectivity index (χ1n) is 6.79. The Hall–Kier alpha value is -0.570. The van der Waals surface area contributed by atoms with Crippen LogP contribution in [0.2, 0.25) is 0 Å². The third kappa shape index (κ3) is 4.12. The Balaban J connectivity index is 2.37. The van der Waals surface area contributed by atoms with Gasteiger partial charge in [-0.3, -0.25) is 4.79 Å². The van der Waals surface area contributed by atoms with E-state index < -0.39 is 0 Å². The fourth-order valence-corrected chi connectivity index (χ4v) is 2.49. The lowest BCUT2D eigenvalue weighted by atomic mass is 9.98. The van der Waals surface area contributed by atoms with E-state index in [4.69, 9.17) is 5.73 Å². The summed E-state index contributed by atoms with van der Waals surface area (Å²) in [5, 5.41) is 0. The van der Waals surface area contributed by atoms with Gasteiger partial charge < -0.3 is 10.6 Å². The van der Waals surface area contributed by atoms with Crippen molar-refractivity contribution in [3.05, 3.63) is 0 Å². The molecule has 1 rings (SSSR count). The molecule has 0 saturated carbocycles. The van der Waals surface area contributed by atoms with Gasteiger partial charge >= 0.3 is 0 Å². The van der Waals surface area contributed by atoms with Gasteiger partial charge in [-0.05, 0) is 38.6 Å². The van der Waals surface area contributed by atoms with Crippen LogP contribution in [0, 0.1) is 0 Å². The molecule has 1 unspecified atom stereocenters. The van der Waals surface area contributed by atoms with Gasteiger partial charge in [0.1, 0.15) is 0 Å². The highest BCUT2D eigenvalue weighted by Gasteiger charge is 2.25. The number of hydrogen-bond donors (Lipinski definition) is 1. The first-order chi connectivity index (χ1) is 7.79. The zero-order valence-electron chi connectivity index (χ0n) is 10.6. The number of nitrogens with two attached hydrogens (primary N) is 1. The Morgan fingerprint density at radius 3 is 2.88 bits per heavy atom. The molecule has 1 saturated heterocycles. The molecular formula is C13H26N2O. The highest BCUT2D eigenvalue weighted by Crippen LogP contribution is 2.20. The summed E-state index contributed by atoms with van der Waals surface area (Å²) in [4.78, 5) is 14.1. The maximum atomic E-state index is 12.0. The summed E-state index contributed by atoms with van der Waals surface area (Å²) < 4.78 is 0. The first-order valence-corrected chi connectivity index (χ1v) is 6.79. The number of piperidine rings is 1. The largest absolute Gasteiger partial charge is 0.340 e. The summed E-state index contributed by atoms with van der Waals surface area (Å²) in [5.41, 5.74) is 5.61. The van der Waals surface area contributed by atoms with Crippen LogP contribution in [0.3, 0.4) is 0 Å². The van der Waals surface area contributed by atoms with E-state index in [1.165, 1.54) is 25.7 Å². The molecule has 3 nitrogen and oxygen atoms in total. The minimum atomic E-state index is 0.353. The van der Waals surface area contributed by atoms with Gasteiger partial charge in [-0.2, -0.15) is 0 Å². The van der Waals surface area contributed by atoms with Gasteiger partial charge in [0.25, 0.3) is 0 Å². The third-order valence-electron chi connectivity index (χ3n) is 3.44. The number of hydrogen-bond acceptors (Lipinski definition) is 2. The quantitative estimate of drug-likeness (QED) is 0.706. The highest BCUT2D eigenvalue weighted by molar-refractivity contribution is 5.76. The summed E-state index contributed by atoms with van der Waals surface area (Å²) in [5.74, 6) is 0.353. The second-order valence-corrected chi connectivity index (χ2v) is 4.77. The third-order valence-corrected chi connectivity index (χ3v) is 3.44. The highest BCUT2D eigenvalue weighted by atomic mass is 16.2. The van der Waals surface area contributed by atoms with Gasteiger partial charge in [-0.15, -0.1) is 0 Å². The zero-order chi connectivity index (χ0) is 11.8. The van der Waals surface area contributed by atoms with Gasteiger partial charge in [-0.25, -0.2) is 0 Å². The van der Waals surface area contributed by atoms with Crippen molar-refractivity contribution in [2.24, 2.45) is 5.73 Å². The number of amides is 1. The van der Waals surface area contributed by atoms with E-state index in [2.05, 4.69) is 11.8 Å². The minimum absolute atomic E-state index is 0.353. The molecule has 3 heteroatoms. The van der Waals surface area contributed by atoms with Crippen LogP contribution in [0.1, 0.15) is 58.3 Å². The average molecular weight is 226 g/mol. The molecule has 0 spiro atoms. The van der Waals surface area contributed by atoms with Crippen molar-refractivity contribution in [2.75, 3.05) is 13.1 Å². The van der Waals surface area contributed by atoms with Gasteiger partial charge in [0.05, 0.1) is 0 Å². The molecule has 0 bridgehead atoms. The van der Waals surface area contributed by atoms with Gasteiger partial charge in [0.15, 0.2) is 0 Å². The molecule has 1 fully saturated rings. The van der Waals surface area contributed by atoms with Crippen molar-refractivity contribution < 1.29 is 4.79 Å². The predicted octanol–water partition coefficient (Wildman–Crippen LogP) is 2.30. The number of carbonyl (C=O) groups excluding carboxylic acids is 1. The molecule has 0 aromatic heterocycles. The Bertz CT molecular complexity index is 204. The zero-order valence-corrected chi connectivity index (χ0v) is 10.6. The molecule has 0 radical (unpaired) electrons. The Kier molecular flexibility index (Phi) is 6.46. The van der Waals surface area contributed by atoms with E-state index in [0.29, 0.717) is 18.5 Å². The van der Waals surface area contributed by atoms with Crippen molar-refractivity contribution >= 4 is 5.91 Å². The summed E-state index contributed by atoms with van der Waals surface area (Å²) in [7, 11) is 0.